The minimum absolute atomic E-state index is 0.0818. The Morgan fingerprint density at radius 2 is 1.77 bits per heavy atom. The van der Waals surface area contributed by atoms with Gasteiger partial charge in [0.2, 0.25) is 9.84 Å². The Labute approximate surface area is 168 Å². The van der Waals surface area contributed by atoms with E-state index in [-0.39, 0.29) is 22.8 Å². The molecule has 30 heavy (non-hydrogen) atoms. The molecule has 3 rings (SSSR count). The highest BCUT2D eigenvalue weighted by Gasteiger charge is 2.40. The minimum atomic E-state index is -5.32. The molecule has 1 N–H and O–H groups in total. The Bertz CT molecular complexity index is 1190. The number of nitrogens with one attached hydrogen (secondary N) is 1. The number of halogens is 3. The monoisotopic (exact) mass is 440 g/mol. The Hall–Kier alpha value is -3.28. The summed E-state index contributed by atoms with van der Waals surface area (Å²) in [7, 11) is -5.32. The van der Waals surface area contributed by atoms with Gasteiger partial charge >= 0.3 is 0 Å². The summed E-state index contributed by atoms with van der Waals surface area (Å²) in [5, 5.41) is 14.6. The van der Waals surface area contributed by atoms with Crippen LogP contribution in [0.25, 0.3) is 10.9 Å². The lowest BCUT2D eigenvalue weighted by molar-refractivity contribution is -0.387. The number of hydrogen-bond acceptors (Lipinski definition) is 7. The first-order valence-electron chi connectivity index (χ1n) is 8.53. The van der Waals surface area contributed by atoms with Crippen LogP contribution in [0.5, 0.6) is 0 Å². The van der Waals surface area contributed by atoms with Gasteiger partial charge in [0.15, 0.2) is 0 Å². The first-order chi connectivity index (χ1) is 14.1. The van der Waals surface area contributed by atoms with Crippen LogP contribution in [0.2, 0.25) is 0 Å². The first-order valence-corrected chi connectivity index (χ1v) is 10.1. The molecule has 0 bridgehead atoms. The van der Waals surface area contributed by atoms with Crippen molar-refractivity contribution in [1.29, 1.82) is 0 Å². The van der Waals surface area contributed by atoms with Crippen molar-refractivity contribution in [2.75, 3.05) is 5.32 Å². The molecule has 0 amide bonds. The minimum Gasteiger partial charge on any atom is -0.363 e. The van der Waals surface area contributed by atoms with Crippen LogP contribution in [0.15, 0.2) is 53.7 Å². The smallest absolute Gasteiger partial charge is 0.288 e. The van der Waals surface area contributed by atoms with Gasteiger partial charge in [0.25, 0.3) is 17.6 Å². The molecule has 0 aliphatic heterocycles. The second-order valence-electron chi connectivity index (χ2n) is 6.32. The van der Waals surface area contributed by atoms with Gasteiger partial charge in [0.05, 0.1) is 10.4 Å². The maximum Gasteiger partial charge on any atom is 0.288 e. The van der Waals surface area contributed by atoms with Crippen LogP contribution in [0.3, 0.4) is 0 Å². The average Bonchev–Trinajstić information content (AvgIpc) is 2.72. The average molecular weight is 440 g/mol. The van der Waals surface area contributed by atoms with Gasteiger partial charge in [-0.3, -0.25) is 10.1 Å². The molecule has 0 aliphatic carbocycles. The number of aromatic nitrogens is 2. The Balaban J connectivity index is 2.14. The third kappa shape index (κ3) is 4.03. The molecule has 0 fully saturated rings. The zero-order chi connectivity index (χ0) is 22.1. The van der Waals surface area contributed by atoms with Gasteiger partial charge in [-0.05, 0) is 18.6 Å². The molecule has 2 unspecified atom stereocenters. The number of sulfone groups is 1. The van der Waals surface area contributed by atoms with Crippen LogP contribution in [-0.2, 0) is 9.84 Å². The van der Waals surface area contributed by atoms with Crippen molar-refractivity contribution in [3.05, 3.63) is 64.5 Å². The summed E-state index contributed by atoms with van der Waals surface area (Å²) in [5.41, 5.74) is -3.85. The summed E-state index contributed by atoms with van der Waals surface area (Å²) < 4.78 is 63.3. The van der Waals surface area contributed by atoms with Crippen molar-refractivity contribution in [1.82, 2.24) is 9.97 Å². The topological polar surface area (TPSA) is 115 Å². The maximum absolute atomic E-state index is 13.7. The zero-order valence-electron chi connectivity index (χ0n) is 15.4. The highest BCUT2D eigenvalue weighted by molar-refractivity contribution is 7.92. The van der Waals surface area contributed by atoms with Crippen LogP contribution in [0.4, 0.5) is 24.7 Å². The van der Waals surface area contributed by atoms with E-state index in [2.05, 4.69) is 15.3 Å². The van der Waals surface area contributed by atoms with Crippen LogP contribution in [0.1, 0.15) is 18.5 Å². The Morgan fingerprint density at radius 1 is 1.10 bits per heavy atom. The molecule has 0 saturated heterocycles. The summed E-state index contributed by atoms with van der Waals surface area (Å²) in [5.74, 6) is 0.161. The van der Waals surface area contributed by atoms with Gasteiger partial charge in [-0.1, -0.05) is 30.3 Å². The van der Waals surface area contributed by atoms with Gasteiger partial charge in [-0.2, -0.15) is 0 Å². The third-order valence-corrected chi connectivity index (χ3v) is 6.11. The van der Waals surface area contributed by atoms with Crippen LogP contribution >= 0.6 is 0 Å². The van der Waals surface area contributed by atoms with Crippen LogP contribution in [0, 0.1) is 10.1 Å². The molecule has 158 valence electrons. The number of rotatable bonds is 7. The largest absolute Gasteiger partial charge is 0.363 e. The molecular formula is C18H15F3N4O4S. The molecule has 2 aromatic carbocycles. The van der Waals surface area contributed by atoms with Gasteiger partial charge in [-0.25, -0.2) is 31.6 Å². The fraction of sp³-hybridized carbons (Fsp3) is 0.222. The summed E-state index contributed by atoms with van der Waals surface area (Å²) in [6.45, 7) is 1.81. The van der Waals surface area contributed by atoms with E-state index in [9.17, 15) is 31.7 Å². The summed E-state index contributed by atoms with van der Waals surface area (Å²) in [6, 6.07) is 10.4. The van der Waals surface area contributed by atoms with Crippen molar-refractivity contribution < 1.29 is 26.5 Å². The Morgan fingerprint density at radius 3 is 2.37 bits per heavy atom. The van der Waals surface area contributed by atoms with Crippen molar-refractivity contribution in [3.8, 4) is 0 Å². The molecule has 1 aromatic heterocycles. The zero-order valence-corrected chi connectivity index (χ0v) is 16.2. The number of benzene rings is 2. The Kier molecular flexibility index (Phi) is 5.87. The molecule has 1 heterocycles. The summed E-state index contributed by atoms with van der Waals surface area (Å²) >= 11 is 0. The van der Waals surface area contributed by atoms with E-state index < -0.39 is 37.3 Å². The number of anilines is 1. The fourth-order valence-electron chi connectivity index (χ4n) is 2.84. The van der Waals surface area contributed by atoms with Crippen molar-refractivity contribution in [2.45, 2.75) is 29.8 Å². The van der Waals surface area contributed by atoms with Gasteiger partial charge in [0, 0.05) is 17.5 Å². The van der Waals surface area contributed by atoms with Crippen LogP contribution < -0.4 is 5.32 Å². The number of fused-ring (bicyclic) bond motifs is 1. The van der Waals surface area contributed by atoms with Gasteiger partial charge < -0.3 is 5.32 Å². The normalized spacial score (nSPS) is 13.9. The van der Waals surface area contributed by atoms with Crippen molar-refractivity contribution in [3.63, 3.8) is 0 Å². The predicted octanol–water partition coefficient (Wildman–Crippen LogP) is 4.05. The highest BCUT2D eigenvalue weighted by Crippen LogP contribution is 2.35. The van der Waals surface area contributed by atoms with Gasteiger partial charge in [0.1, 0.15) is 17.0 Å². The molecule has 0 saturated carbocycles. The molecule has 8 nitrogen and oxygen atoms in total. The van der Waals surface area contributed by atoms with E-state index in [1.54, 1.807) is 0 Å². The predicted molar refractivity (Wildman–Crippen MR) is 103 cm³/mol. The number of alkyl halides is 3. The third-order valence-electron chi connectivity index (χ3n) is 4.37. The summed E-state index contributed by atoms with van der Waals surface area (Å²) in [4.78, 5) is 17.1. The molecule has 0 spiro atoms. The first kappa shape index (κ1) is 21.4. The standard InChI is InChI=1S/C18H15F3N4O4S/c1-10(11-5-3-2-4-6-11)24-18-12-7-14(25(26)27)15(8-13(12)22-9-23-18)30(28,29)17(21)16(19)20/h2-10,16-17H,1H3,(H,22,23,24). The van der Waals surface area contributed by atoms with E-state index in [4.69, 9.17) is 0 Å². The van der Waals surface area contributed by atoms with E-state index in [0.717, 1.165) is 18.0 Å². The quantitative estimate of drug-likeness (QED) is 0.435. The lowest BCUT2D eigenvalue weighted by atomic mass is 10.1. The molecule has 0 radical (unpaired) electrons. The number of nitrogens with zero attached hydrogens (tertiary/aromatic N) is 3. The number of nitro benzene ring substituents is 1. The highest BCUT2D eigenvalue weighted by atomic mass is 32.2. The van der Waals surface area contributed by atoms with Gasteiger partial charge in [-0.15, -0.1) is 0 Å². The van der Waals surface area contributed by atoms with Crippen molar-refractivity contribution >= 4 is 32.2 Å². The molecule has 12 heteroatoms. The second kappa shape index (κ2) is 8.22. The molecular weight excluding hydrogens is 425 g/mol. The fourth-order valence-corrected chi connectivity index (χ4v) is 4.06. The van der Waals surface area contributed by atoms with Crippen molar-refractivity contribution in [2.24, 2.45) is 0 Å². The van der Waals surface area contributed by atoms with Crippen LogP contribution in [-0.4, -0.2) is 35.2 Å². The molecule has 3 aromatic rings. The number of hydrogen-bond donors (Lipinski definition) is 1. The summed E-state index contributed by atoms with van der Waals surface area (Å²) in [6.07, 6.45) is -2.79. The second-order valence-corrected chi connectivity index (χ2v) is 8.30. The van der Waals surface area contributed by atoms with E-state index in [0.29, 0.717) is 6.07 Å². The van der Waals surface area contributed by atoms with E-state index in [1.807, 2.05) is 37.3 Å². The lowest BCUT2D eigenvalue weighted by Crippen LogP contribution is -2.25. The van der Waals surface area contributed by atoms with E-state index in [1.165, 1.54) is 0 Å². The lowest BCUT2D eigenvalue weighted by Gasteiger charge is -2.16. The molecule has 0 aliphatic rings. The number of nitro groups is 1. The van der Waals surface area contributed by atoms with E-state index >= 15 is 0 Å². The maximum atomic E-state index is 13.7. The molecule has 2 atom stereocenters. The SMILES string of the molecule is CC(Nc1ncnc2cc(S(=O)(=O)C(F)C(F)F)c([N+](=O)[O-])cc12)c1ccccc1.